The van der Waals surface area contributed by atoms with E-state index in [1.54, 1.807) is 13.3 Å². The average molecular weight is 237 g/mol. The molecule has 1 aliphatic rings. The molecule has 0 aliphatic carbocycles. The lowest BCUT2D eigenvalue weighted by atomic mass is 10.3. The van der Waals surface area contributed by atoms with Crippen molar-refractivity contribution >= 4 is 11.5 Å². The first kappa shape index (κ1) is 12.1. The van der Waals surface area contributed by atoms with E-state index in [1.807, 2.05) is 6.07 Å². The summed E-state index contributed by atoms with van der Waals surface area (Å²) in [5.41, 5.74) is 6.97. The molecule has 17 heavy (non-hydrogen) atoms. The van der Waals surface area contributed by atoms with Crippen molar-refractivity contribution in [2.75, 3.05) is 43.6 Å². The number of ether oxygens (including phenoxy) is 1. The molecule has 94 valence electrons. The molecular weight excluding hydrogens is 218 g/mol. The van der Waals surface area contributed by atoms with E-state index in [-0.39, 0.29) is 6.04 Å². The number of hydrogen-bond acceptors (Lipinski definition) is 6. The Morgan fingerprint density at radius 3 is 3.24 bits per heavy atom. The minimum Gasteiger partial charge on any atom is -0.383 e. The Hall–Kier alpha value is -1.40. The summed E-state index contributed by atoms with van der Waals surface area (Å²) in [6.07, 6.45) is 2.81. The van der Waals surface area contributed by atoms with Crippen LogP contribution in [0.1, 0.15) is 6.42 Å². The third-order valence-electron chi connectivity index (χ3n) is 2.84. The molecule has 0 aromatic carbocycles. The lowest BCUT2D eigenvalue weighted by Crippen LogP contribution is -2.26. The summed E-state index contributed by atoms with van der Waals surface area (Å²) >= 11 is 0. The third kappa shape index (κ3) is 3.28. The van der Waals surface area contributed by atoms with Crippen LogP contribution in [-0.4, -0.2) is 49.6 Å². The van der Waals surface area contributed by atoms with E-state index in [0.717, 1.165) is 37.6 Å². The van der Waals surface area contributed by atoms with Crippen molar-refractivity contribution in [3.8, 4) is 0 Å². The van der Waals surface area contributed by atoms with E-state index >= 15 is 0 Å². The third-order valence-corrected chi connectivity index (χ3v) is 2.84. The highest BCUT2D eigenvalue weighted by Gasteiger charge is 2.19. The molecule has 1 saturated heterocycles. The molecular formula is C11H19N5O. The molecule has 0 amide bonds. The minimum atomic E-state index is 0.271. The first-order valence-corrected chi connectivity index (χ1v) is 5.85. The van der Waals surface area contributed by atoms with Crippen molar-refractivity contribution in [3.63, 3.8) is 0 Å². The number of methoxy groups -OCH3 is 1. The summed E-state index contributed by atoms with van der Waals surface area (Å²) < 4.78 is 4.97. The SMILES string of the molecule is COCCNc1cc(N2CCC(N)C2)cnn1. The zero-order valence-electron chi connectivity index (χ0n) is 10.1. The number of hydrogen-bond donors (Lipinski definition) is 2. The van der Waals surface area contributed by atoms with Crippen LogP contribution in [0.5, 0.6) is 0 Å². The molecule has 1 aromatic heterocycles. The van der Waals surface area contributed by atoms with Crippen molar-refractivity contribution in [2.45, 2.75) is 12.5 Å². The Morgan fingerprint density at radius 1 is 1.65 bits per heavy atom. The van der Waals surface area contributed by atoms with Crippen LogP contribution >= 0.6 is 0 Å². The lowest BCUT2D eigenvalue weighted by Gasteiger charge is -2.17. The minimum absolute atomic E-state index is 0.271. The van der Waals surface area contributed by atoms with Crippen molar-refractivity contribution in [1.29, 1.82) is 0 Å². The molecule has 2 rings (SSSR count). The second-order valence-corrected chi connectivity index (χ2v) is 4.21. The molecule has 0 saturated carbocycles. The predicted molar refractivity (Wildman–Crippen MR) is 67.2 cm³/mol. The van der Waals surface area contributed by atoms with Gasteiger partial charge >= 0.3 is 0 Å². The molecule has 6 nitrogen and oxygen atoms in total. The van der Waals surface area contributed by atoms with Crippen LogP contribution in [0.3, 0.4) is 0 Å². The predicted octanol–water partition coefficient (Wildman–Crippen LogP) is 0.0723. The topological polar surface area (TPSA) is 76.3 Å². The molecule has 1 aromatic rings. The smallest absolute Gasteiger partial charge is 0.150 e. The second-order valence-electron chi connectivity index (χ2n) is 4.21. The molecule has 1 fully saturated rings. The number of rotatable bonds is 5. The molecule has 1 unspecified atom stereocenters. The van der Waals surface area contributed by atoms with Gasteiger partial charge in [0.2, 0.25) is 0 Å². The highest BCUT2D eigenvalue weighted by Crippen LogP contribution is 2.20. The van der Waals surface area contributed by atoms with Gasteiger partial charge in [-0.1, -0.05) is 0 Å². The van der Waals surface area contributed by atoms with Crippen molar-refractivity contribution in [1.82, 2.24) is 10.2 Å². The van der Waals surface area contributed by atoms with Crippen molar-refractivity contribution in [2.24, 2.45) is 5.73 Å². The highest BCUT2D eigenvalue weighted by atomic mass is 16.5. The molecule has 1 atom stereocenters. The van der Waals surface area contributed by atoms with Crippen LogP contribution in [0.15, 0.2) is 12.3 Å². The second kappa shape index (κ2) is 5.79. The first-order chi connectivity index (χ1) is 8.29. The van der Waals surface area contributed by atoms with Gasteiger partial charge in [0.15, 0.2) is 5.82 Å². The summed E-state index contributed by atoms with van der Waals surface area (Å²) in [5.74, 6) is 0.778. The van der Waals surface area contributed by atoms with E-state index in [2.05, 4.69) is 20.4 Å². The van der Waals surface area contributed by atoms with Crippen LogP contribution < -0.4 is 16.0 Å². The van der Waals surface area contributed by atoms with Crippen molar-refractivity contribution in [3.05, 3.63) is 12.3 Å². The van der Waals surface area contributed by atoms with Gasteiger partial charge in [-0.2, -0.15) is 5.10 Å². The van der Waals surface area contributed by atoms with Crippen LogP contribution in [0.25, 0.3) is 0 Å². The fourth-order valence-corrected chi connectivity index (χ4v) is 1.92. The Labute approximate surface area is 101 Å². The Bertz CT molecular complexity index is 359. The van der Waals surface area contributed by atoms with Gasteiger partial charge in [0.25, 0.3) is 0 Å². The fraction of sp³-hybridized carbons (Fsp3) is 0.636. The van der Waals surface area contributed by atoms with Gasteiger partial charge in [-0.25, -0.2) is 0 Å². The molecule has 1 aliphatic heterocycles. The Morgan fingerprint density at radius 2 is 2.53 bits per heavy atom. The number of nitrogens with zero attached hydrogens (tertiary/aromatic N) is 3. The molecule has 0 bridgehead atoms. The molecule has 0 radical (unpaired) electrons. The molecule has 3 N–H and O–H groups in total. The van der Waals surface area contributed by atoms with Gasteiger partial charge in [0.05, 0.1) is 18.5 Å². The van der Waals surface area contributed by atoms with Gasteiger partial charge in [0.1, 0.15) is 0 Å². The Kier molecular flexibility index (Phi) is 4.11. The van der Waals surface area contributed by atoms with Gasteiger partial charge in [-0.15, -0.1) is 5.10 Å². The number of nitrogens with two attached hydrogens (primary N) is 1. The zero-order chi connectivity index (χ0) is 12.1. The van der Waals surface area contributed by atoms with Crippen molar-refractivity contribution < 1.29 is 4.74 Å². The van der Waals surface area contributed by atoms with Gasteiger partial charge in [0, 0.05) is 38.9 Å². The monoisotopic (exact) mass is 237 g/mol. The van der Waals surface area contributed by atoms with Crippen LogP contribution in [0.4, 0.5) is 11.5 Å². The van der Waals surface area contributed by atoms with Gasteiger partial charge < -0.3 is 20.7 Å². The number of nitrogens with one attached hydrogen (secondary N) is 1. The summed E-state index contributed by atoms with van der Waals surface area (Å²) in [6, 6.07) is 2.27. The average Bonchev–Trinajstić information content (AvgIpc) is 2.77. The van der Waals surface area contributed by atoms with E-state index in [1.165, 1.54) is 0 Å². The normalized spacial score (nSPS) is 19.6. The summed E-state index contributed by atoms with van der Waals surface area (Å²) in [4.78, 5) is 2.24. The van der Waals surface area contributed by atoms with Gasteiger partial charge in [-0.05, 0) is 6.42 Å². The van der Waals surface area contributed by atoms with E-state index in [0.29, 0.717) is 6.61 Å². The standard InChI is InChI=1S/C11H19N5O/c1-17-5-3-13-11-6-10(7-14-15-11)16-4-2-9(12)8-16/h6-7,9H,2-5,8,12H2,1H3,(H,13,15). The number of anilines is 2. The van der Waals surface area contributed by atoms with E-state index < -0.39 is 0 Å². The maximum Gasteiger partial charge on any atom is 0.150 e. The highest BCUT2D eigenvalue weighted by molar-refractivity contribution is 5.52. The summed E-state index contributed by atoms with van der Waals surface area (Å²) in [6.45, 7) is 3.27. The molecule has 2 heterocycles. The van der Waals surface area contributed by atoms with E-state index in [9.17, 15) is 0 Å². The maximum absolute atomic E-state index is 5.89. The summed E-state index contributed by atoms with van der Waals surface area (Å²) in [7, 11) is 1.68. The van der Waals surface area contributed by atoms with Crippen LogP contribution in [0, 0.1) is 0 Å². The molecule has 6 heteroatoms. The fourth-order valence-electron chi connectivity index (χ4n) is 1.92. The lowest BCUT2D eigenvalue weighted by molar-refractivity contribution is 0.210. The van der Waals surface area contributed by atoms with E-state index in [4.69, 9.17) is 10.5 Å². The molecule has 0 spiro atoms. The van der Waals surface area contributed by atoms with Gasteiger partial charge in [-0.3, -0.25) is 0 Å². The number of aromatic nitrogens is 2. The first-order valence-electron chi connectivity index (χ1n) is 5.85. The zero-order valence-corrected chi connectivity index (χ0v) is 10.1. The maximum atomic E-state index is 5.89. The largest absolute Gasteiger partial charge is 0.383 e. The van der Waals surface area contributed by atoms with Crippen LogP contribution in [-0.2, 0) is 4.74 Å². The van der Waals surface area contributed by atoms with Crippen LogP contribution in [0.2, 0.25) is 0 Å². The Balaban J connectivity index is 1.96. The summed E-state index contributed by atoms with van der Waals surface area (Å²) in [5, 5.41) is 11.2. The quantitative estimate of drug-likeness (QED) is 0.706.